The van der Waals surface area contributed by atoms with Gasteiger partial charge in [0.25, 0.3) is 0 Å². The van der Waals surface area contributed by atoms with Crippen LogP contribution in [0.3, 0.4) is 0 Å². The van der Waals surface area contributed by atoms with Gasteiger partial charge in [-0.15, -0.1) is 0 Å². The first-order valence-electron chi connectivity index (χ1n) is 4.91. The van der Waals surface area contributed by atoms with E-state index in [2.05, 4.69) is 0 Å². The molecular weight excluding hydrogens is 217 g/mol. The topological polar surface area (TPSA) is 66.8 Å². The molecule has 0 spiro atoms. The van der Waals surface area contributed by atoms with Gasteiger partial charge in [0.1, 0.15) is 12.6 Å². The Morgan fingerprint density at radius 2 is 2.07 bits per heavy atom. The Hall–Kier alpha value is -0.190. The second-order valence-corrected chi connectivity index (χ2v) is 6.07. The monoisotopic (exact) mass is 236 g/mol. The van der Waals surface area contributed by atoms with Gasteiger partial charge in [0.15, 0.2) is 0 Å². The van der Waals surface area contributed by atoms with Crippen LogP contribution in [0.25, 0.3) is 0 Å². The lowest BCUT2D eigenvalue weighted by Gasteiger charge is -2.32. The predicted molar refractivity (Wildman–Crippen MR) is 57.1 cm³/mol. The molecule has 2 N–H and O–H groups in total. The molecule has 1 aliphatic rings. The highest BCUT2D eigenvalue weighted by Crippen LogP contribution is 2.41. The fourth-order valence-corrected chi connectivity index (χ4v) is 2.02. The first kappa shape index (κ1) is 12.9. The Labute approximate surface area is 90.2 Å². The Morgan fingerprint density at radius 1 is 1.53 bits per heavy atom. The van der Waals surface area contributed by atoms with Gasteiger partial charge in [-0.1, -0.05) is 6.08 Å². The predicted octanol–water partition coefficient (Wildman–Crippen LogP) is 0.891. The molecule has 0 saturated heterocycles. The Morgan fingerprint density at radius 3 is 2.33 bits per heavy atom. The van der Waals surface area contributed by atoms with Gasteiger partial charge in [-0.25, -0.2) is 4.57 Å². The summed E-state index contributed by atoms with van der Waals surface area (Å²) in [6.07, 6.45) is 3.38. The van der Waals surface area contributed by atoms with Gasteiger partial charge in [-0.2, -0.15) is 0 Å². The summed E-state index contributed by atoms with van der Waals surface area (Å²) in [6, 6.07) is 0. The average molecular weight is 236 g/mol. The summed E-state index contributed by atoms with van der Waals surface area (Å²) < 4.78 is 16.2. The van der Waals surface area contributed by atoms with E-state index in [1.807, 2.05) is 27.2 Å². The Balaban J connectivity index is 2.66. The molecule has 0 aromatic carbocycles. The number of hydrogen-bond donors (Lipinski definition) is 2. The second kappa shape index (κ2) is 4.36. The van der Waals surface area contributed by atoms with Gasteiger partial charge in [0, 0.05) is 0 Å². The van der Waals surface area contributed by atoms with E-state index in [1.54, 1.807) is 0 Å². The first-order valence-corrected chi connectivity index (χ1v) is 6.44. The zero-order valence-corrected chi connectivity index (χ0v) is 10.3. The van der Waals surface area contributed by atoms with Crippen molar-refractivity contribution >= 4 is 7.82 Å². The molecule has 0 heterocycles. The molecule has 0 aliphatic heterocycles. The number of hydrogen-bond acceptors (Lipinski definition) is 2. The quantitative estimate of drug-likeness (QED) is 0.422. The largest absolute Gasteiger partial charge is 0.470 e. The van der Waals surface area contributed by atoms with Crippen LogP contribution >= 0.6 is 7.82 Å². The molecule has 0 bridgehead atoms. The minimum Gasteiger partial charge on any atom is -0.328 e. The number of quaternary nitrogens is 1. The third-order valence-corrected chi connectivity index (χ3v) is 2.76. The molecule has 5 nitrogen and oxygen atoms in total. The molecule has 1 atom stereocenters. The number of likely N-dealkylation sites (N-methyl/N-ethyl adjacent to an activating group) is 1. The highest BCUT2D eigenvalue weighted by Gasteiger charge is 2.31. The van der Waals surface area contributed by atoms with Crippen molar-refractivity contribution in [3.05, 3.63) is 11.6 Å². The number of phosphoric acid groups is 1. The van der Waals surface area contributed by atoms with Crippen molar-refractivity contribution in [3.8, 4) is 0 Å². The zero-order chi connectivity index (χ0) is 11.7. The van der Waals surface area contributed by atoms with E-state index in [0.717, 1.165) is 18.4 Å². The molecule has 1 aliphatic carbocycles. The standard InChI is InChI=1S/C9H18NO4P/c1-10(2,3)7-9(8-5-4-6-8)14-15(11,12)13/h5,9H,4,6-7H2,1-3H3,(H-,11,12,13)/p+1. The van der Waals surface area contributed by atoms with Gasteiger partial charge in [-0.3, -0.25) is 4.52 Å². The molecule has 0 fully saturated rings. The summed E-state index contributed by atoms with van der Waals surface area (Å²) in [5.41, 5.74) is 1.01. The smallest absolute Gasteiger partial charge is 0.328 e. The first-order chi connectivity index (χ1) is 6.67. The Kier molecular flexibility index (Phi) is 3.74. The lowest BCUT2D eigenvalue weighted by Crippen LogP contribution is -2.43. The molecule has 88 valence electrons. The van der Waals surface area contributed by atoms with Crippen LogP contribution in [0, 0.1) is 0 Å². The molecule has 0 amide bonds. The van der Waals surface area contributed by atoms with Gasteiger partial charge in [-0.05, 0) is 18.4 Å². The van der Waals surface area contributed by atoms with Crippen LogP contribution in [0.2, 0.25) is 0 Å². The fourth-order valence-electron chi connectivity index (χ4n) is 1.48. The molecule has 1 unspecified atom stereocenters. The van der Waals surface area contributed by atoms with Crippen LogP contribution in [-0.4, -0.2) is 48.1 Å². The number of allylic oxidation sites excluding steroid dienone is 1. The number of rotatable bonds is 5. The van der Waals surface area contributed by atoms with Crippen LogP contribution in [0.4, 0.5) is 0 Å². The molecule has 15 heavy (non-hydrogen) atoms. The molecule has 0 saturated carbocycles. The summed E-state index contributed by atoms with van der Waals surface area (Å²) in [4.78, 5) is 17.6. The van der Waals surface area contributed by atoms with Crippen LogP contribution in [0.1, 0.15) is 12.8 Å². The third-order valence-electron chi connectivity index (χ3n) is 2.23. The average Bonchev–Trinajstić information content (AvgIpc) is 1.71. The van der Waals surface area contributed by atoms with Gasteiger partial charge >= 0.3 is 7.82 Å². The highest BCUT2D eigenvalue weighted by atomic mass is 31.2. The van der Waals surface area contributed by atoms with E-state index in [-0.39, 0.29) is 0 Å². The summed E-state index contributed by atoms with van der Waals surface area (Å²) in [5, 5.41) is 0. The van der Waals surface area contributed by atoms with Crippen molar-refractivity contribution in [2.45, 2.75) is 18.9 Å². The van der Waals surface area contributed by atoms with Crippen molar-refractivity contribution < 1.29 is 23.4 Å². The normalized spacial score (nSPS) is 19.4. The minimum absolute atomic E-state index is 0.459. The van der Waals surface area contributed by atoms with Crippen LogP contribution in [0.15, 0.2) is 11.6 Å². The minimum atomic E-state index is -4.39. The lowest BCUT2D eigenvalue weighted by atomic mass is 9.93. The van der Waals surface area contributed by atoms with Crippen molar-refractivity contribution in [2.24, 2.45) is 0 Å². The van der Waals surface area contributed by atoms with E-state index >= 15 is 0 Å². The second-order valence-electron chi connectivity index (χ2n) is 4.88. The fraction of sp³-hybridized carbons (Fsp3) is 0.778. The van der Waals surface area contributed by atoms with Gasteiger partial charge in [0.2, 0.25) is 0 Å². The molecule has 6 heteroatoms. The van der Waals surface area contributed by atoms with Crippen molar-refractivity contribution in [3.63, 3.8) is 0 Å². The SMILES string of the molecule is C[N+](C)(C)CC(OP(=O)(O)O)C1=CCC1. The van der Waals surface area contributed by atoms with Crippen molar-refractivity contribution in [2.75, 3.05) is 27.7 Å². The van der Waals surface area contributed by atoms with Gasteiger partial charge < -0.3 is 14.3 Å². The van der Waals surface area contributed by atoms with Crippen LogP contribution in [0.5, 0.6) is 0 Å². The third kappa shape index (κ3) is 4.91. The van der Waals surface area contributed by atoms with Crippen LogP contribution < -0.4 is 0 Å². The van der Waals surface area contributed by atoms with Crippen molar-refractivity contribution in [1.82, 2.24) is 0 Å². The van der Waals surface area contributed by atoms with E-state index in [0.29, 0.717) is 11.0 Å². The van der Waals surface area contributed by atoms with E-state index in [4.69, 9.17) is 14.3 Å². The molecule has 1 rings (SSSR count). The molecular formula is C9H19NO4P+. The maximum absolute atomic E-state index is 10.8. The van der Waals surface area contributed by atoms with Gasteiger partial charge in [0.05, 0.1) is 21.1 Å². The summed E-state index contributed by atoms with van der Waals surface area (Å²) in [6.45, 7) is 0.566. The lowest BCUT2D eigenvalue weighted by molar-refractivity contribution is -0.872. The number of nitrogens with zero attached hydrogens (tertiary/aromatic N) is 1. The zero-order valence-electron chi connectivity index (χ0n) is 9.38. The molecule has 0 radical (unpaired) electrons. The summed E-state index contributed by atoms with van der Waals surface area (Å²) in [7, 11) is 1.51. The maximum Gasteiger partial charge on any atom is 0.470 e. The van der Waals surface area contributed by atoms with Crippen LogP contribution in [-0.2, 0) is 9.09 Å². The van der Waals surface area contributed by atoms with E-state index in [9.17, 15) is 4.57 Å². The molecule has 0 aromatic rings. The van der Waals surface area contributed by atoms with Crippen molar-refractivity contribution in [1.29, 1.82) is 0 Å². The number of phosphoric ester groups is 1. The Bertz CT molecular complexity index is 302. The summed E-state index contributed by atoms with van der Waals surface area (Å²) >= 11 is 0. The maximum atomic E-state index is 10.8. The van der Waals surface area contributed by atoms with E-state index in [1.165, 1.54) is 0 Å². The summed E-state index contributed by atoms with van der Waals surface area (Å²) in [5.74, 6) is 0. The van der Waals surface area contributed by atoms with E-state index < -0.39 is 13.9 Å². The highest BCUT2D eigenvalue weighted by molar-refractivity contribution is 7.46. The molecule has 0 aromatic heterocycles.